The minimum Gasteiger partial charge on any atom is -0.497 e. The van der Waals surface area contributed by atoms with Gasteiger partial charge in [0.2, 0.25) is 0 Å². The van der Waals surface area contributed by atoms with Crippen LogP contribution in [0.3, 0.4) is 0 Å². The lowest BCUT2D eigenvalue weighted by Crippen LogP contribution is -1.98. The molecule has 0 heterocycles. The summed E-state index contributed by atoms with van der Waals surface area (Å²) in [5.74, 6) is 0.631. The van der Waals surface area contributed by atoms with Gasteiger partial charge in [0.05, 0.1) is 23.7 Å². The van der Waals surface area contributed by atoms with Gasteiger partial charge in [-0.15, -0.1) is 0 Å². The van der Waals surface area contributed by atoms with Gasteiger partial charge < -0.3 is 4.74 Å². The minimum absolute atomic E-state index is 0.307. The van der Waals surface area contributed by atoms with Gasteiger partial charge in [0.25, 0.3) is 0 Å². The first-order valence-electron chi connectivity index (χ1n) is 5.56. The van der Waals surface area contributed by atoms with Crippen LogP contribution >= 0.6 is 15.9 Å². The van der Waals surface area contributed by atoms with Crippen molar-refractivity contribution in [1.29, 1.82) is 0 Å². The average Bonchev–Trinajstić information content (AvgIpc) is 2.41. The Morgan fingerprint density at radius 1 is 1.26 bits per heavy atom. The fourth-order valence-corrected chi connectivity index (χ4v) is 3.36. The van der Waals surface area contributed by atoms with Crippen LogP contribution in [-0.2, 0) is 16.6 Å². The summed E-state index contributed by atoms with van der Waals surface area (Å²) in [5, 5.41) is 0. The Labute approximate surface area is 122 Å². The maximum atomic E-state index is 13.1. The molecule has 0 N–H and O–H groups in total. The van der Waals surface area contributed by atoms with Crippen LogP contribution in [0, 0.1) is 5.82 Å². The van der Waals surface area contributed by atoms with E-state index in [1.807, 2.05) is 18.2 Å². The highest BCUT2D eigenvalue weighted by atomic mass is 79.9. The minimum atomic E-state index is -1.29. The number of hydrogen-bond donors (Lipinski definition) is 0. The number of hydrogen-bond acceptors (Lipinski definition) is 2. The van der Waals surface area contributed by atoms with Gasteiger partial charge in [-0.2, -0.15) is 0 Å². The lowest BCUT2D eigenvalue weighted by atomic mass is 10.2. The first-order chi connectivity index (χ1) is 9.10. The Hall–Kier alpha value is -1.20. The van der Waals surface area contributed by atoms with Crippen molar-refractivity contribution in [3.05, 3.63) is 58.3 Å². The van der Waals surface area contributed by atoms with E-state index in [4.69, 9.17) is 4.74 Å². The molecule has 2 aromatic rings. The first kappa shape index (κ1) is 14.2. The monoisotopic (exact) mass is 342 g/mol. The van der Waals surface area contributed by atoms with Crippen LogP contribution in [0.15, 0.2) is 51.8 Å². The smallest absolute Gasteiger partial charge is 0.124 e. The van der Waals surface area contributed by atoms with Crippen molar-refractivity contribution in [3.8, 4) is 5.75 Å². The average molecular weight is 343 g/mol. The zero-order valence-electron chi connectivity index (χ0n) is 10.2. The van der Waals surface area contributed by atoms with Crippen LogP contribution < -0.4 is 4.74 Å². The van der Waals surface area contributed by atoms with Crippen molar-refractivity contribution in [1.82, 2.24) is 0 Å². The molecule has 0 aliphatic heterocycles. The summed E-state index contributed by atoms with van der Waals surface area (Å²) < 4.78 is 31.3. The highest BCUT2D eigenvalue weighted by molar-refractivity contribution is 9.10. The van der Waals surface area contributed by atoms with Gasteiger partial charge in [0.15, 0.2) is 0 Å². The fraction of sp³-hybridized carbons (Fsp3) is 0.143. The summed E-state index contributed by atoms with van der Waals surface area (Å²) >= 11 is 3.41. The maximum absolute atomic E-state index is 13.1. The quantitative estimate of drug-likeness (QED) is 0.842. The van der Waals surface area contributed by atoms with Crippen molar-refractivity contribution in [2.75, 3.05) is 7.11 Å². The predicted molar refractivity (Wildman–Crippen MR) is 77.2 cm³/mol. The van der Waals surface area contributed by atoms with Crippen LogP contribution in [0.25, 0.3) is 0 Å². The lowest BCUT2D eigenvalue weighted by molar-refractivity contribution is 0.414. The molecule has 0 saturated carbocycles. The third kappa shape index (κ3) is 3.64. The predicted octanol–water partition coefficient (Wildman–Crippen LogP) is 3.90. The number of halogens is 2. The lowest BCUT2D eigenvalue weighted by Gasteiger charge is -2.07. The van der Waals surface area contributed by atoms with Gasteiger partial charge >= 0.3 is 0 Å². The molecule has 1 atom stereocenters. The molecule has 0 saturated heterocycles. The zero-order chi connectivity index (χ0) is 13.8. The van der Waals surface area contributed by atoms with Gasteiger partial charge in [0, 0.05) is 9.37 Å². The topological polar surface area (TPSA) is 26.3 Å². The second-order valence-electron chi connectivity index (χ2n) is 3.90. The van der Waals surface area contributed by atoms with Crippen molar-refractivity contribution in [2.24, 2.45) is 0 Å². The van der Waals surface area contributed by atoms with E-state index in [0.29, 0.717) is 16.4 Å². The molecule has 0 spiro atoms. The number of ether oxygens (including phenoxy) is 1. The number of rotatable bonds is 4. The Morgan fingerprint density at radius 3 is 2.74 bits per heavy atom. The maximum Gasteiger partial charge on any atom is 0.124 e. The Bertz CT molecular complexity index is 616. The Balaban J connectivity index is 2.23. The molecule has 19 heavy (non-hydrogen) atoms. The summed E-state index contributed by atoms with van der Waals surface area (Å²) in [5.41, 5.74) is 0.863. The highest BCUT2D eigenvalue weighted by Gasteiger charge is 2.09. The van der Waals surface area contributed by atoms with Crippen molar-refractivity contribution >= 4 is 26.7 Å². The number of benzene rings is 2. The third-order valence-corrected chi connectivity index (χ3v) is 4.72. The summed E-state index contributed by atoms with van der Waals surface area (Å²) in [6, 6.07) is 11.3. The van der Waals surface area contributed by atoms with E-state index >= 15 is 0 Å². The van der Waals surface area contributed by atoms with Crippen molar-refractivity contribution in [3.63, 3.8) is 0 Å². The van der Waals surface area contributed by atoms with Gasteiger partial charge in [-0.1, -0.05) is 22.0 Å². The van der Waals surface area contributed by atoms with Crippen LogP contribution in [0.4, 0.5) is 4.39 Å². The van der Waals surface area contributed by atoms with Gasteiger partial charge in [0.1, 0.15) is 11.6 Å². The van der Waals surface area contributed by atoms with E-state index < -0.39 is 10.8 Å². The molecule has 5 heteroatoms. The zero-order valence-corrected chi connectivity index (χ0v) is 12.6. The first-order valence-corrected chi connectivity index (χ1v) is 7.67. The molecule has 2 aromatic carbocycles. The van der Waals surface area contributed by atoms with E-state index in [2.05, 4.69) is 15.9 Å². The normalized spacial score (nSPS) is 12.2. The molecule has 0 bridgehead atoms. The molecule has 0 amide bonds. The Morgan fingerprint density at radius 2 is 2.05 bits per heavy atom. The molecule has 100 valence electrons. The molecular weight excluding hydrogens is 331 g/mol. The molecule has 0 aromatic heterocycles. The van der Waals surface area contributed by atoms with Crippen LogP contribution in [0.2, 0.25) is 0 Å². The van der Waals surface area contributed by atoms with Crippen LogP contribution in [-0.4, -0.2) is 11.3 Å². The van der Waals surface area contributed by atoms with E-state index in [0.717, 1.165) is 10.0 Å². The van der Waals surface area contributed by atoms with E-state index in [1.165, 1.54) is 12.1 Å². The van der Waals surface area contributed by atoms with Gasteiger partial charge in [-0.05, 0) is 42.0 Å². The second kappa shape index (κ2) is 6.30. The number of methoxy groups -OCH3 is 1. The standard InChI is InChI=1S/C14H12BrFO2S/c1-18-12-5-6-14(15)10(7-12)9-19(17)13-4-2-3-11(16)8-13/h2-8H,9H2,1H3. The summed E-state index contributed by atoms with van der Waals surface area (Å²) in [4.78, 5) is 0.481. The third-order valence-electron chi connectivity index (χ3n) is 2.60. The van der Waals surface area contributed by atoms with Crippen molar-refractivity contribution < 1.29 is 13.3 Å². The largest absolute Gasteiger partial charge is 0.497 e. The van der Waals surface area contributed by atoms with Gasteiger partial charge in [-0.3, -0.25) is 4.21 Å². The van der Waals surface area contributed by atoms with Gasteiger partial charge in [-0.25, -0.2) is 4.39 Å². The molecular formula is C14H12BrFO2S. The molecule has 0 fully saturated rings. The van der Waals surface area contributed by atoms with Crippen molar-refractivity contribution in [2.45, 2.75) is 10.6 Å². The molecule has 0 aliphatic carbocycles. The summed E-state index contributed by atoms with van der Waals surface area (Å²) in [7, 11) is 0.289. The molecule has 0 radical (unpaired) electrons. The highest BCUT2D eigenvalue weighted by Crippen LogP contribution is 2.25. The van der Waals surface area contributed by atoms with Crippen LogP contribution in [0.5, 0.6) is 5.75 Å². The van der Waals surface area contributed by atoms with E-state index in [1.54, 1.807) is 19.2 Å². The second-order valence-corrected chi connectivity index (χ2v) is 6.21. The summed E-state index contributed by atoms with van der Waals surface area (Å²) in [6.07, 6.45) is 0. The fourth-order valence-electron chi connectivity index (χ4n) is 1.62. The Kier molecular flexibility index (Phi) is 4.71. The molecule has 0 aliphatic rings. The molecule has 1 unspecified atom stereocenters. The van der Waals surface area contributed by atoms with Crippen LogP contribution in [0.1, 0.15) is 5.56 Å². The van der Waals surface area contributed by atoms with E-state index in [9.17, 15) is 8.60 Å². The summed E-state index contributed by atoms with van der Waals surface area (Å²) in [6.45, 7) is 0. The molecule has 2 rings (SSSR count). The SMILES string of the molecule is COc1ccc(Br)c(CS(=O)c2cccc(F)c2)c1. The van der Waals surface area contributed by atoms with E-state index in [-0.39, 0.29) is 5.82 Å². The molecule has 2 nitrogen and oxygen atoms in total.